The van der Waals surface area contributed by atoms with Crippen LogP contribution in [0.2, 0.25) is 0 Å². The zero-order valence-corrected chi connectivity index (χ0v) is 12.8. The summed E-state index contributed by atoms with van der Waals surface area (Å²) in [6, 6.07) is 6.35. The first-order chi connectivity index (χ1) is 9.46. The molecule has 5 nitrogen and oxygen atoms in total. The first kappa shape index (κ1) is 15.3. The number of nitrogen functional groups attached to an aromatic ring is 1. The van der Waals surface area contributed by atoms with Crippen molar-refractivity contribution < 1.29 is 13.2 Å². The van der Waals surface area contributed by atoms with Crippen molar-refractivity contribution in [3.63, 3.8) is 0 Å². The highest BCUT2D eigenvalue weighted by molar-refractivity contribution is 7.89. The molecule has 0 radical (unpaired) electrons. The van der Waals surface area contributed by atoms with E-state index in [0.717, 1.165) is 12.8 Å². The Bertz CT molecular complexity index is 538. The molecular formula is C14H22N2O3S. The zero-order chi connectivity index (χ0) is 14.8. The molecule has 0 heterocycles. The van der Waals surface area contributed by atoms with Gasteiger partial charge in [-0.05, 0) is 49.9 Å². The van der Waals surface area contributed by atoms with Crippen molar-refractivity contribution in [2.45, 2.75) is 30.7 Å². The lowest BCUT2D eigenvalue weighted by Crippen LogP contribution is -2.41. The van der Waals surface area contributed by atoms with Crippen LogP contribution in [0.25, 0.3) is 0 Å². The molecule has 1 aliphatic carbocycles. The lowest BCUT2D eigenvalue weighted by Gasteiger charge is -2.28. The molecule has 2 N–H and O–H groups in total. The molecule has 1 aliphatic rings. The summed E-state index contributed by atoms with van der Waals surface area (Å²) in [5.74, 6) is 0.468. The fourth-order valence-electron chi connectivity index (χ4n) is 2.31. The molecule has 20 heavy (non-hydrogen) atoms. The smallest absolute Gasteiger partial charge is 0.243 e. The molecule has 0 bridgehead atoms. The Morgan fingerprint density at radius 2 is 1.95 bits per heavy atom. The number of hydrogen-bond donors (Lipinski definition) is 1. The fraction of sp³-hybridized carbons (Fsp3) is 0.571. The summed E-state index contributed by atoms with van der Waals surface area (Å²) >= 11 is 0. The Labute approximate surface area is 120 Å². The Morgan fingerprint density at radius 3 is 2.45 bits per heavy atom. The minimum absolute atomic E-state index is 0.00713. The van der Waals surface area contributed by atoms with Crippen LogP contribution in [-0.2, 0) is 14.8 Å². The SMILES string of the molecule is COCCN(C(C)C1CC1)S(=O)(=O)c1ccc(N)cc1. The minimum Gasteiger partial charge on any atom is -0.399 e. The van der Waals surface area contributed by atoms with E-state index in [1.54, 1.807) is 35.7 Å². The molecule has 112 valence electrons. The summed E-state index contributed by atoms with van der Waals surface area (Å²) in [7, 11) is -1.92. The maximum absolute atomic E-state index is 12.8. The van der Waals surface area contributed by atoms with Crippen molar-refractivity contribution in [3.05, 3.63) is 24.3 Å². The predicted octanol–water partition coefficient (Wildman–Crippen LogP) is 1.70. The van der Waals surface area contributed by atoms with E-state index >= 15 is 0 Å². The van der Waals surface area contributed by atoms with Crippen LogP contribution in [0.3, 0.4) is 0 Å². The summed E-state index contributed by atoms with van der Waals surface area (Å²) in [6.07, 6.45) is 2.20. The summed E-state index contributed by atoms with van der Waals surface area (Å²) in [5, 5.41) is 0. The van der Waals surface area contributed by atoms with Gasteiger partial charge >= 0.3 is 0 Å². The van der Waals surface area contributed by atoms with Crippen molar-refractivity contribution in [1.29, 1.82) is 0 Å². The fourth-order valence-corrected chi connectivity index (χ4v) is 3.99. The van der Waals surface area contributed by atoms with Gasteiger partial charge in [-0.2, -0.15) is 4.31 Å². The van der Waals surface area contributed by atoms with E-state index in [1.807, 2.05) is 6.92 Å². The van der Waals surface area contributed by atoms with Crippen molar-refractivity contribution in [1.82, 2.24) is 4.31 Å². The van der Waals surface area contributed by atoms with Crippen LogP contribution in [0.5, 0.6) is 0 Å². The first-order valence-electron chi connectivity index (χ1n) is 6.83. The van der Waals surface area contributed by atoms with Gasteiger partial charge in [-0.15, -0.1) is 0 Å². The Kier molecular flexibility index (Phi) is 4.67. The van der Waals surface area contributed by atoms with E-state index in [1.165, 1.54) is 0 Å². The van der Waals surface area contributed by atoms with Crippen LogP contribution in [0.1, 0.15) is 19.8 Å². The lowest BCUT2D eigenvalue weighted by molar-refractivity contribution is 0.164. The van der Waals surface area contributed by atoms with Crippen molar-refractivity contribution >= 4 is 15.7 Å². The average molecular weight is 298 g/mol. The third-order valence-corrected chi connectivity index (χ3v) is 5.76. The molecule has 1 fully saturated rings. The molecule has 1 aromatic rings. The van der Waals surface area contributed by atoms with Gasteiger partial charge in [0.25, 0.3) is 0 Å². The summed E-state index contributed by atoms with van der Waals surface area (Å²) in [4.78, 5) is 0.287. The number of ether oxygens (including phenoxy) is 1. The van der Waals surface area contributed by atoms with Crippen LogP contribution >= 0.6 is 0 Å². The molecule has 0 aliphatic heterocycles. The Hall–Kier alpha value is -1.11. The molecule has 0 amide bonds. The largest absolute Gasteiger partial charge is 0.399 e. The van der Waals surface area contributed by atoms with E-state index in [0.29, 0.717) is 24.8 Å². The predicted molar refractivity (Wildman–Crippen MR) is 78.8 cm³/mol. The topological polar surface area (TPSA) is 72.6 Å². The van der Waals surface area contributed by atoms with Gasteiger partial charge in [0.05, 0.1) is 11.5 Å². The number of hydrogen-bond acceptors (Lipinski definition) is 4. The molecule has 1 unspecified atom stereocenters. The van der Waals surface area contributed by atoms with Crippen molar-refractivity contribution in [3.8, 4) is 0 Å². The van der Waals surface area contributed by atoms with Gasteiger partial charge in [0.2, 0.25) is 10.0 Å². The number of methoxy groups -OCH3 is 1. The van der Waals surface area contributed by atoms with Gasteiger partial charge in [0.15, 0.2) is 0 Å². The summed E-state index contributed by atoms with van der Waals surface area (Å²) in [6.45, 7) is 2.74. The second-order valence-electron chi connectivity index (χ2n) is 5.26. The first-order valence-corrected chi connectivity index (χ1v) is 8.27. The standard InChI is InChI=1S/C14H22N2O3S/c1-11(12-3-4-12)16(9-10-19-2)20(17,18)14-7-5-13(15)6-8-14/h5-8,11-12H,3-4,9-10,15H2,1-2H3. The van der Waals surface area contributed by atoms with Crippen LogP contribution in [0.15, 0.2) is 29.2 Å². The van der Waals surface area contributed by atoms with Crippen LogP contribution in [0, 0.1) is 5.92 Å². The second-order valence-corrected chi connectivity index (χ2v) is 7.15. The number of nitrogens with zero attached hydrogens (tertiary/aromatic N) is 1. The van der Waals surface area contributed by atoms with E-state index in [-0.39, 0.29) is 10.9 Å². The second kappa shape index (κ2) is 6.11. The normalized spacial score (nSPS) is 17.4. The zero-order valence-electron chi connectivity index (χ0n) is 12.0. The monoisotopic (exact) mass is 298 g/mol. The Morgan fingerprint density at radius 1 is 1.35 bits per heavy atom. The van der Waals surface area contributed by atoms with E-state index in [4.69, 9.17) is 10.5 Å². The third-order valence-electron chi connectivity index (χ3n) is 3.76. The maximum Gasteiger partial charge on any atom is 0.243 e. The molecule has 0 aromatic heterocycles. The van der Waals surface area contributed by atoms with Crippen molar-refractivity contribution in [2.24, 2.45) is 5.92 Å². The summed E-state index contributed by atoms with van der Waals surface area (Å²) < 4.78 is 32.1. The molecule has 1 atom stereocenters. The number of anilines is 1. The number of sulfonamides is 1. The van der Waals surface area contributed by atoms with Gasteiger partial charge in [-0.3, -0.25) is 0 Å². The van der Waals surface area contributed by atoms with Crippen molar-refractivity contribution in [2.75, 3.05) is 26.0 Å². The van der Waals surface area contributed by atoms with Crippen LogP contribution < -0.4 is 5.73 Å². The highest BCUT2D eigenvalue weighted by atomic mass is 32.2. The molecule has 2 rings (SSSR count). The molecule has 1 aromatic carbocycles. The highest BCUT2D eigenvalue weighted by Crippen LogP contribution is 2.37. The van der Waals surface area contributed by atoms with Gasteiger partial charge < -0.3 is 10.5 Å². The molecule has 6 heteroatoms. The maximum atomic E-state index is 12.8. The third kappa shape index (κ3) is 3.31. The van der Waals surface area contributed by atoms with Gasteiger partial charge in [-0.1, -0.05) is 0 Å². The molecule has 0 saturated heterocycles. The van der Waals surface area contributed by atoms with E-state index in [2.05, 4.69) is 0 Å². The number of benzene rings is 1. The molecule has 0 spiro atoms. The number of nitrogens with two attached hydrogens (primary N) is 1. The molecule has 1 saturated carbocycles. The lowest BCUT2D eigenvalue weighted by atomic mass is 10.2. The van der Waals surface area contributed by atoms with Gasteiger partial charge in [0, 0.05) is 25.4 Å². The Balaban J connectivity index is 2.27. The molecular weight excluding hydrogens is 276 g/mol. The van der Waals surface area contributed by atoms with E-state index < -0.39 is 10.0 Å². The average Bonchev–Trinajstić information content (AvgIpc) is 3.23. The van der Waals surface area contributed by atoms with Crippen LogP contribution in [-0.4, -0.2) is 39.0 Å². The van der Waals surface area contributed by atoms with Crippen LogP contribution in [0.4, 0.5) is 5.69 Å². The number of rotatable bonds is 7. The van der Waals surface area contributed by atoms with E-state index in [9.17, 15) is 8.42 Å². The summed E-state index contributed by atoms with van der Waals surface area (Å²) in [5.41, 5.74) is 6.17. The highest BCUT2D eigenvalue weighted by Gasteiger charge is 2.37. The van der Waals surface area contributed by atoms with Gasteiger partial charge in [-0.25, -0.2) is 8.42 Å². The minimum atomic E-state index is -3.50. The van der Waals surface area contributed by atoms with Gasteiger partial charge in [0.1, 0.15) is 0 Å². The quantitative estimate of drug-likeness (QED) is 0.778.